The summed E-state index contributed by atoms with van der Waals surface area (Å²) in [7, 11) is 7.78. The lowest BCUT2D eigenvalue weighted by Gasteiger charge is -2.12. The van der Waals surface area contributed by atoms with Crippen LogP contribution in [-0.2, 0) is 0 Å². The number of carbonyl (C=O) groups is 2. The Morgan fingerprint density at radius 1 is 1.00 bits per heavy atom. The van der Waals surface area contributed by atoms with Crippen LogP contribution in [0.1, 0.15) is 21.1 Å². The Morgan fingerprint density at radius 3 is 2.38 bits per heavy atom. The van der Waals surface area contributed by atoms with Crippen molar-refractivity contribution in [1.82, 2.24) is 19.6 Å². The average Bonchev–Trinajstić information content (AvgIpc) is 3.08. The zero-order valence-electron chi connectivity index (χ0n) is 17.1. The van der Waals surface area contributed by atoms with Crippen LogP contribution in [0.15, 0.2) is 48.7 Å². The van der Waals surface area contributed by atoms with E-state index in [0.717, 1.165) is 5.69 Å². The lowest BCUT2D eigenvalue weighted by atomic mass is 10.2. The van der Waals surface area contributed by atoms with Gasteiger partial charge in [-0.15, -0.1) is 0 Å². The molecule has 0 aliphatic carbocycles. The van der Waals surface area contributed by atoms with Crippen molar-refractivity contribution in [1.29, 1.82) is 0 Å². The maximum absolute atomic E-state index is 12.9. The number of hydrogen-bond donors (Lipinski definition) is 2. The van der Waals surface area contributed by atoms with Gasteiger partial charge in [-0.25, -0.2) is 4.98 Å². The van der Waals surface area contributed by atoms with Gasteiger partial charge in [0.05, 0.1) is 5.52 Å². The molecule has 0 aliphatic rings. The standard InChI is InChI=1S/C21H26N6O2/c1-25(2)14-12-22-21(29)19-24-18(17-7-5-6-13-27(17)19)20(28)23-15-8-10-16(11-9-15)26(3)4/h5-11,13H,12,14H2,1-4H3,(H,22,29)(H,23,28). The first-order valence-corrected chi connectivity index (χ1v) is 9.35. The van der Waals surface area contributed by atoms with E-state index >= 15 is 0 Å². The van der Waals surface area contributed by atoms with Crippen molar-refractivity contribution in [3.05, 3.63) is 60.2 Å². The molecule has 2 N–H and O–H groups in total. The normalized spacial score (nSPS) is 10.9. The van der Waals surface area contributed by atoms with Gasteiger partial charge >= 0.3 is 0 Å². The van der Waals surface area contributed by atoms with E-state index in [1.54, 1.807) is 22.7 Å². The second kappa shape index (κ2) is 8.74. The van der Waals surface area contributed by atoms with Gasteiger partial charge < -0.3 is 20.4 Å². The van der Waals surface area contributed by atoms with Crippen LogP contribution in [0, 0.1) is 0 Å². The molecule has 2 aromatic heterocycles. The molecule has 0 aliphatic heterocycles. The zero-order chi connectivity index (χ0) is 21.0. The van der Waals surface area contributed by atoms with Crippen molar-refractivity contribution in [2.75, 3.05) is 51.5 Å². The Hall–Kier alpha value is -3.39. The molecule has 0 fully saturated rings. The fourth-order valence-corrected chi connectivity index (χ4v) is 2.87. The van der Waals surface area contributed by atoms with E-state index in [1.807, 2.05) is 68.3 Å². The van der Waals surface area contributed by atoms with Gasteiger partial charge in [0.25, 0.3) is 11.8 Å². The third kappa shape index (κ3) is 4.72. The molecule has 0 unspecified atom stereocenters. The summed E-state index contributed by atoms with van der Waals surface area (Å²) in [5, 5.41) is 5.70. The van der Waals surface area contributed by atoms with Crippen LogP contribution < -0.4 is 15.5 Å². The third-order valence-corrected chi connectivity index (χ3v) is 4.45. The van der Waals surface area contributed by atoms with Gasteiger partial charge in [0, 0.05) is 44.8 Å². The lowest BCUT2D eigenvalue weighted by Crippen LogP contribution is -2.32. The molecular formula is C21H26N6O2. The molecule has 152 valence electrons. The fourth-order valence-electron chi connectivity index (χ4n) is 2.87. The number of imidazole rings is 1. The number of likely N-dealkylation sites (N-methyl/N-ethyl adjacent to an activating group) is 1. The van der Waals surface area contributed by atoms with E-state index in [9.17, 15) is 9.59 Å². The Bertz CT molecular complexity index is 1010. The summed E-state index contributed by atoms with van der Waals surface area (Å²) in [6.45, 7) is 1.21. The summed E-state index contributed by atoms with van der Waals surface area (Å²) in [5.41, 5.74) is 2.48. The molecule has 2 heterocycles. The molecule has 0 spiro atoms. The molecule has 1 aromatic carbocycles. The van der Waals surface area contributed by atoms with Crippen LogP contribution in [-0.4, -0.2) is 67.4 Å². The van der Waals surface area contributed by atoms with Crippen molar-refractivity contribution >= 4 is 28.7 Å². The summed E-state index contributed by atoms with van der Waals surface area (Å²) in [6, 6.07) is 12.9. The molecule has 2 amide bonds. The van der Waals surface area contributed by atoms with Gasteiger partial charge in [0.1, 0.15) is 0 Å². The molecule has 0 atom stereocenters. The number of aromatic nitrogens is 2. The first-order valence-electron chi connectivity index (χ1n) is 9.35. The van der Waals surface area contributed by atoms with Crippen LogP contribution in [0.2, 0.25) is 0 Å². The van der Waals surface area contributed by atoms with Gasteiger partial charge in [-0.05, 0) is 50.5 Å². The number of fused-ring (bicyclic) bond motifs is 1. The Labute approximate surface area is 170 Å². The largest absolute Gasteiger partial charge is 0.378 e. The Morgan fingerprint density at radius 2 is 1.72 bits per heavy atom. The van der Waals surface area contributed by atoms with Crippen molar-refractivity contribution in [3.8, 4) is 0 Å². The summed E-state index contributed by atoms with van der Waals surface area (Å²) < 4.78 is 1.63. The number of pyridine rings is 1. The molecule has 8 nitrogen and oxygen atoms in total. The number of carbonyl (C=O) groups excluding carboxylic acids is 2. The van der Waals surface area contributed by atoms with Crippen molar-refractivity contribution in [2.24, 2.45) is 0 Å². The van der Waals surface area contributed by atoms with Gasteiger partial charge in [-0.1, -0.05) is 6.07 Å². The van der Waals surface area contributed by atoms with Gasteiger partial charge in [0.15, 0.2) is 5.69 Å². The highest BCUT2D eigenvalue weighted by Gasteiger charge is 2.21. The molecule has 0 radical (unpaired) electrons. The first kappa shape index (κ1) is 20.3. The minimum Gasteiger partial charge on any atom is -0.378 e. The fraction of sp³-hybridized carbons (Fsp3) is 0.286. The maximum atomic E-state index is 12.9. The number of nitrogens with zero attached hydrogens (tertiary/aromatic N) is 4. The number of benzene rings is 1. The second-order valence-corrected chi connectivity index (χ2v) is 7.19. The highest BCUT2D eigenvalue weighted by atomic mass is 16.2. The lowest BCUT2D eigenvalue weighted by molar-refractivity contribution is 0.0940. The van der Waals surface area contributed by atoms with Crippen molar-refractivity contribution < 1.29 is 9.59 Å². The van der Waals surface area contributed by atoms with Crippen LogP contribution in [0.4, 0.5) is 11.4 Å². The van der Waals surface area contributed by atoms with E-state index in [4.69, 9.17) is 0 Å². The van der Waals surface area contributed by atoms with Crippen LogP contribution in [0.3, 0.4) is 0 Å². The smallest absolute Gasteiger partial charge is 0.287 e. The molecule has 0 saturated carbocycles. The number of rotatable bonds is 7. The average molecular weight is 394 g/mol. The van der Waals surface area contributed by atoms with E-state index in [-0.39, 0.29) is 23.3 Å². The van der Waals surface area contributed by atoms with E-state index in [2.05, 4.69) is 15.6 Å². The van der Waals surface area contributed by atoms with Crippen molar-refractivity contribution in [3.63, 3.8) is 0 Å². The van der Waals surface area contributed by atoms with Gasteiger partial charge in [0.2, 0.25) is 5.82 Å². The summed E-state index contributed by atoms with van der Waals surface area (Å²) in [4.78, 5) is 33.7. The van der Waals surface area contributed by atoms with Crippen LogP contribution >= 0.6 is 0 Å². The number of hydrogen-bond acceptors (Lipinski definition) is 5. The molecule has 3 rings (SSSR count). The predicted octanol–water partition coefficient (Wildman–Crippen LogP) is 1.94. The number of amides is 2. The summed E-state index contributed by atoms with van der Waals surface area (Å²) in [5.74, 6) is -0.492. The monoisotopic (exact) mass is 394 g/mol. The number of nitrogens with one attached hydrogen (secondary N) is 2. The molecule has 8 heteroatoms. The Kier molecular flexibility index (Phi) is 6.13. The van der Waals surface area contributed by atoms with Gasteiger partial charge in [-0.3, -0.25) is 14.0 Å². The number of anilines is 2. The van der Waals surface area contributed by atoms with Crippen LogP contribution in [0.25, 0.3) is 5.52 Å². The minimum absolute atomic E-state index is 0.187. The first-order chi connectivity index (χ1) is 13.9. The summed E-state index contributed by atoms with van der Waals surface area (Å²) >= 11 is 0. The second-order valence-electron chi connectivity index (χ2n) is 7.19. The molecule has 0 bridgehead atoms. The topological polar surface area (TPSA) is 82.0 Å². The van der Waals surface area contributed by atoms with E-state index < -0.39 is 0 Å². The Balaban J connectivity index is 1.83. The maximum Gasteiger partial charge on any atom is 0.287 e. The SMILES string of the molecule is CN(C)CCNC(=O)c1nc(C(=O)Nc2ccc(N(C)C)cc2)c2ccccn12. The highest BCUT2D eigenvalue weighted by Crippen LogP contribution is 2.18. The predicted molar refractivity (Wildman–Crippen MR) is 115 cm³/mol. The minimum atomic E-state index is -0.362. The highest BCUT2D eigenvalue weighted by molar-refractivity contribution is 6.09. The van der Waals surface area contributed by atoms with E-state index in [1.165, 1.54) is 0 Å². The van der Waals surface area contributed by atoms with Gasteiger partial charge in [-0.2, -0.15) is 0 Å². The molecule has 0 saturated heterocycles. The third-order valence-electron chi connectivity index (χ3n) is 4.45. The zero-order valence-corrected chi connectivity index (χ0v) is 17.1. The molecule has 3 aromatic rings. The quantitative estimate of drug-likeness (QED) is 0.640. The van der Waals surface area contributed by atoms with Crippen LogP contribution in [0.5, 0.6) is 0 Å². The molecular weight excluding hydrogens is 368 g/mol. The van der Waals surface area contributed by atoms with Crippen molar-refractivity contribution in [2.45, 2.75) is 0 Å². The van der Waals surface area contributed by atoms with E-state index in [0.29, 0.717) is 24.3 Å². The molecule has 29 heavy (non-hydrogen) atoms. The summed E-state index contributed by atoms with van der Waals surface area (Å²) in [6.07, 6.45) is 1.73.